The van der Waals surface area contributed by atoms with E-state index in [1.165, 1.54) is 0 Å². The third-order valence-electron chi connectivity index (χ3n) is 3.36. The maximum Gasteiger partial charge on any atom is 0.214 e. The van der Waals surface area contributed by atoms with Gasteiger partial charge in [0.25, 0.3) is 0 Å². The van der Waals surface area contributed by atoms with Gasteiger partial charge in [-0.15, -0.1) is 10.2 Å². The van der Waals surface area contributed by atoms with Crippen LogP contribution in [0.5, 0.6) is 0 Å². The van der Waals surface area contributed by atoms with Gasteiger partial charge in [-0.2, -0.15) is 11.8 Å². The first kappa shape index (κ1) is 15.9. The molecule has 0 bridgehead atoms. The average molecular weight is 399 g/mol. The summed E-state index contributed by atoms with van der Waals surface area (Å²) in [6.07, 6.45) is 3.09. The number of rotatable bonds is 5. The molecule has 2 aromatic rings. The number of quaternary nitrogens is 1. The number of nitrogens with one attached hydrogen (secondary N) is 1. The predicted octanol–water partition coefficient (Wildman–Crippen LogP) is 2.72. The minimum atomic E-state index is 0.131. The van der Waals surface area contributed by atoms with Gasteiger partial charge < -0.3 is 5.73 Å². The van der Waals surface area contributed by atoms with E-state index in [2.05, 4.69) is 61.1 Å². The summed E-state index contributed by atoms with van der Waals surface area (Å²) in [5, 5.41) is 11.5. The fourth-order valence-corrected chi connectivity index (χ4v) is 3.67. The van der Waals surface area contributed by atoms with Crippen LogP contribution in [0.1, 0.15) is 23.9 Å². The third-order valence-corrected chi connectivity index (χ3v) is 5.36. The van der Waals surface area contributed by atoms with Gasteiger partial charge in [0.05, 0.1) is 5.70 Å². The van der Waals surface area contributed by atoms with E-state index in [1.807, 2.05) is 28.6 Å². The summed E-state index contributed by atoms with van der Waals surface area (Å²) in [5.41, 5.74) is 9.81. The van der Waals surface area contributed by atoms with Crippen molar-refractivity contribution in [3.63, 3.8) is 0 Å². The fraction of sp³-hybridized carbons (Fsp3) is 0.286. The van der Waals surface area contributed by atoms with Gasteiger partial charge in [-0.1, -0.05) is 39.8 Å². The molecule has 4 N–H and O–H groups in total. The average Bonchev–Trinajstić information content (AvgIpc) is 2.96. The van der Waals surface area contributed by atoms with Gasteiger partial charge in [0.1, 0.15) is 6.04 Å². The summed E-state index contributed by atoms with van der Waals surface area (Å²) in [6.45, 7) is 0. The van der Waals surface area contributed by atoms with Gasteiger partial charge in [0.2, 0.25) is 11.0 Å². The van der Waals surface area contributed by atoms with Gasteiger partial charge in [0.15, 0.2) is 0 Å². The Kier molecular flexibility index (Phi) is 5.12. The van der Waals surface area contributed by atoms with Gasteiger partial charge in [-0.3, -0.25) is 5.43 Å². The quantitative estimate of drug-likeness (QED) is 0.809. The second-order valence-corrected chi connectivity index (χ2v) is 7.66. The number of hydrogen-bond donors (Lipinski definition) is 2. The monoisotopic (exact) mass is 398 g/mol. The summed E-state index contributed by atoms with van der Waals surface area (Å²) < 4.78 is 3.03. The fourth-order valence-electron chi connectivity index (χ4n) is 2.14. The topological polar surface area (TPSA) is 70.4 Å². The Labute approximate surface area is 146 Å². The van der Waals surface area contributed by atoms with Crippen molar-refractivity contribution >= 4 is 45.2 Å². The SMILES string of the molecule is CSCC[C@H]([NH3+])c1nnc2n1NC(c1ccc(Br)cc1)=CS2. The van der Waals surface area contributed by atoms with Crippen molar-refractivity contribution in [2.75, 3.05) is 17.4 Å². The Balaban J connectivity index is 1.82. The molecule has 1 atom stereocenters. The molecule has 1 aliphatic rings. The predicted molar refractivity (Wildman–Crippen MR) is 96.0 cm³/mol. The molecule has 1 aliphatic heterocycles. The first-order chi connectivity index (χ1) is 10.7. The Morgan fingerprint density at radius 3 is 2.86 bits per heavy atom. The van der Waals surface area contributed by atoms with E-state index in [1.54, 1.807) is 11.8 Å². The van der Waals surface area contributed by atoms with Crippen LogP contribution in [0, 0.1) is 0 Å². The van der Waals surface area contributed by atoms with E-state index in [0.717, 1.165) is 38.9 Å². The third kappa shape index (κ3) is 3.34. The molecule has 0 saturated heterocycles. The Morgan fingerprint density at radius 2 is 2.14 bits per heavy atom. The van der Waals surface area contributed by atoms with Gasteiger partial charge in [-0.05, 0) is 24.1 Å². The zero-order valence-electron chi connectivity index (χ0n) is 12.1. The van der Waals surface area contributed by atoms with Crippen molar-refractivity contribution in [2.24, 2.45) is 0 Å². The highest BCUT2D eigenvalue weighted by Gasteiger charge is 2.24. The zero-order valence-corrected chi connectivity index (χ0v) is 15.3. The van der Waals surface area contributed by atoms with E-state index in [-0.39, 0.29) is 6.04 Å². The van der Waals surface area contributed by atoms with Crippen molar-refractivity contribution in [3.05, 3.63) is 45.5 Å². The van der Waals surface area contributed by atoms with Gasteiger partial charge in [-0.25, -0.2) is 4.68 Å². The van der Waals surface area contributed by atoms with Crippen LogP contribution in [-0.4, -0.2) is 26.9 Å². The Bertz CT molecular complexity index is 683. The molecule has 0 spiro atoms. The normalized spacial score (nSPS) is 15.0. The number of thioether (sulfide) groups is 2. The van der Waals surface area contributed by atoms with Crippen molar-refractivity contribution < 1.29 is 5.73 Å². The number of fused-ring (bicyclic) bond motifs is 1. The maximum atomic E-state index is 4.31. The van der Waals surface area contributed by atoms with Gasteiger partial charge in [0, 0.05) is 21.9 Å². The lowest BCUT2D eigenvalue weighted by molar-refractivity contribution is -0.429. The highest BCUT2D eigenvalue weighted by molar-refractivity contribution is 9.10. The first-order valence-electron chi connectivity index (χ1n) is 6.86. The number of aromatic nitrogens is 3. The molecule has 22 heavy (non-hydrogen) atoms. The molecule has 3 rings (SSSR count). The summed E-state index contributed by atoms with van der Waals surface area (Å²) in [4.78, 5) is 0. The maximum absolute atomic E-state index is 4.31. The second kappa shape index (κ2) is 7.08. The van der Waals surface area contributed by atoms with E-state index in [9.17, 15) is 0 Å². The highest BCUT2D eigenvalue weighted by Crippen LogP contribution is 2.30. The molecule has 0 unspecified atom stereocenters. The summed E-state index contributed by atoms with van der Waals surface area (Å²) in [7, 11) is 0. The summed E-state index contributed by atoms with van der Waals surface area (Å²) in [6, 6.07) is 8.36. The molecule has 8 heteroatoms. The molecule has 0 saturated carbocycles. The van der Waals surface area contributed by atoms with Gasteiger partial charge >= 0.3 is 0 Å². The van der Waals surface area contributed by atoms with Crippen LogP contribution >= 0.6 is 39.5 Å². The van der Waals surface area contributed by atoms with Crippen LogP contribution in [0.3, 0.4) is 0 Å². The molecule has 2 heterocycles. The summed E-state index contributed by atoms with van der Waals surface area (Å²) >= 11 is 6.87. The minimum absolute atomic E-state index is 0.131. The molecule has 0 radical (unpaired) electrons. The van der Waals surface area contributed by atoms with Crippen LogP contribution < -0.4 is 11.2 Å². The molecule has 1 aromatic heterocycles. The first-order valence-corrected chi connectivity index (χ1v) is 9.93. The van der Waals surface area contributed by atoms with Crippen molar-refractivity contribution in [1.82, 2.24) is 14.9 Å². The van der Waals surface area contributed by atoms with Crippen molar-refractivity contribution in [3.8, 4) is 0 Å². The zero-order chi connectivity index (χ0) is 15.5. The smallest absolute Gasteiger partial charge is 0.214 e. The van der Waals surface area contributed by atoms with E-state index in [0.29, 0.717) is 0 Å². The number of halogens is 1. The van der Waals surface area contributed by atoms with Crippen molar-refractivity contribution in [2.45, 2.75) is 17.6 Å². The van der Waals surface area contributed by atoms with E-state index in [4.69, 9.17) is 0 Å². The summed E-state index contributed by atoms with van der Waals surface area (Å²) in [5.74, 6) is 1.96. The molecular weight excluding hydrogens is 382 g/mol. The molecular formula is C14H17BrN5S2+. The number of hydrogen-bond acceptors (Lipinski definition) is 5. The standard InChI is InChI=1S/C14H16BrN5S2/c1-21-7-6-11(16)13-17-18-14-20(13)19-12(8-22-14)9-2-4-10(15)5-3-9/h2-5,8,11,19H,6-7,16H2,1H3/p+1/t11-/m0/s1. The van der Waals surface area contributed by atoms with Crippen LogP contribution in [0.15, 0.2) is 39.3 Å². The lowest BCUT2D eigenvalue weighted by Crippen LogP contribution is -2.55. The lowest BCUT2D eigenvalue weighted by atomic mass is 10.2. The number of nitrogens with zero attached hydrogens (tertiary/aromatic N) is 3. The highest BCUT2D eigenvalue weighted by atomic mass is 79.9. The second-order valence-electron chi connectivity index (χ2n) is 4.92. The molecule has 0 fully saturated rings. The minimum Gasteiger partial charge on any atom is -0.349 e. The van der Waals surface area contributed by atoms with E-state index >= 15 is 0 Å². The Hall–Kier alpha value is -0.960. The van der Waals surface area contributed by atoms with Crippen LogP contribution in [-0.2, 0) is 0 Å². The van der Waals surface area contributed by atoms with Crippen molar-refractivity contribution in [1.29, 1.82) is 0 Å². The molecule has 116 valence electrons. The molecule has 5 nitrogen and oxygen atoms in total. The molecule has 0 amide bonds. The van der Waals surface area contributed by atoms with E-state index < -0.39 is 0 Å². The van der Waals surface area contributed by atoms with Crippen LogP contribution in [0.2, 0.25) is 0 Å². The Morgan fingerprint density at radius 1 is 1.36 bits per heavy atom. The molecule has 1 aromatic carbocycles. The number of benzene rings is 1. The lowest BCUT2D eigenvalue weighted by Gasteiger charge is -2.20. The van der Waals surface area contributed by atoms with Crippen LogP contribution in [0.25, 0.3) is 5.70 Å². The molecule has 0 aliphatic carbocycles. The largest absolute Gasteiger partial charge is 0.349 e. The van der Waals surface area contributed by atoms with Crippen LogP contribution in [0.4, 0.5) is 0 Å².